The Balaban J connectivity index is 2.01. The second kappa shape index (κ2) is 6.31. The monoisotopic (exact) mass is 244 g/mol. The number of rotatable bonds is 6. The molecular weight excluding hydrogens is 224 g/mol. The number of nitrogens with zero attached hydrogens (tertiary/aromatic N) is 3. The summed E-state index contributed by atoms with van der Waals surface area (Å²) in [5.41, 5.74) is 2.57. The molecule has 0 amide bonds. The van der Waals surface area contributed by atoms with Crippen LogP contribution in [0.2, 0.25) is 0 Å². The van der Waals surface area contributed by atoms with Crippen molar-refractivity contribution in [2.75, 3.05) is 6.54 Å². The Hall–Kier alpha value is -1.68. The van der Waals surface area contributed by atoms with Crippen LogP contribution in [0, 0.1) is 0 Å². The number of aryl methyl sites for hydroxylation is 2. The Morgan fingerprint density at radius 1 is 1.22 bits per heavy atom. The molecule has 0 aliphatic carbocycles. The molecule has 1 atom stereocenters. The van der Waals surface area contributed by atoms with E-state index in [2.05, 4.69) is 40.5 Å². The topological polar surface area (TPSA) is 42.7 Å². The van der Waals surface area contributed by atoms with Gasteiger partial charge >= 0.3 is 0 Å². The van der Waals surface area contributed by atoms with E-state index < -0.39 is 0 Å². The maximum atomic E-state index is 4.20. The van der Waals surface area contributed by atoms with E-state index in [9.17, 15) is 0 Å². The molecule has 0 bridgehead atoms. The fourth-order valence-corrected chi connectivity index (χ4v) is 2.17. The SMILES string of the molecule is CCNC(CCc1ccnn1C)c1ccncc1. The lowest BCUT2D eigenvalue weighted by Crippen LogP contribution is -2.21. The van der Waals surface area contributed by atoms with E-state index in [1.54, 1.807) is 0 Å². The molecule has 2 aromatic rings. The number of hydrogen-bond acceptors (Lipinski definition) is 3. The van der Waals surface area contributed by atoms with Crippen LogP contribution in [0.3, 0.4) is 0 Å². The molecule has 4 nitrogen and oxygen atoms in total. The van der Waals surface area contributed by atoms with Gasteiger partial charge in [0.25, 0.3) is 0 Å². The molecule has 1 unspecified atom stereocenters. The molecule has 0 saturated heterocycles. The zero-order valence-electron chi connectivity index (χ0n) is 11.0. The second-order valence-corrected chi connectivity index (χ2v) is 4.38. The van der Waals surface area contributed by atoms with Crippen molar-refractivity contribution >= 4 is 0 Å². The molecule has 96 valence electrons. The highest BCUT2D eigenvalue weighted by Crippen LogP contribution is 2.18. The zero-order valence-corrected chi connectivity index (χ0v) is 11.0. The lowest BCUT2D eigenvalue weighted by atomic mass is 10.0. The van der Waals surface area contributed by atoms with Gasteiger partial charge < -0.3 is 5.32 Å². The number of pyridine rings is 1. The van der Waals surface area contributed by atoms with E-state index in [-0.39, 0.29) is 0 Å². The van der Waals surface area contributed by atoms with Crippen molar-refractivity contribution in [2.45, 2.75) is 25.8 Å². The minimum atomic E-state index is 0.382. The molecule has 4 heteroatoms. The van der Waals surface area contributed by atoms with E-state index in [4.69, 9.17) is 0 Å². The normalized spacial score (nSPS) is 12.6. The summed E-state index contributed by atoms with van der Waals surface area (Å²) in [6.45, 7) is 3.11. The quantitative estimate of drug-likeness (QED) is 0.846. The fraction of sp³-hybridized carbons (Fsp3) is 0.429. The van der Waals surface area contributed by atoms with Crippen LogP contribution in [-0.4, -0.2) is 21.3 Å². The van der Waals surface area contributed by atoms with Gasteiger partial charge in [-0.2, -0.15) is 5.10 Å². The highest BCUT2D eigenvalue weighted by molar-refractivity contribution is 5.15. The molecule has 2 heterocycles. The first-order valence-electron chi connectivity index (χ1n) is 6.41. The standard InChI is InChI=1S/C14H20N4/c1-3-16-14(12-6-9-15-10-7-12)5-4-13-8-11-17-18(13)2/h6-11,14,16H,3-5H2,1-2H3. The third-order valence-electron chi connectivity index (χ3n) is 3.17. The Labute approximate surface area is 108 Å². The molecule has 1 N–H and O–H groups in total. The molecular formula is C14H20N4. The van der Waals surface area contributed by atoms with Crippen molar-refractivity contribution in [3.05, 3.63) is 48.0 Å². The van der Waals surface area contributed by atoms with Gasteiger partial charge in [-0.15, -0.1) is 0 Å². The van der Waals surface area contributed by atoms with Crippen LogP contribution >= 0.6 is 0 Å². The Bertz CT molecular complexity index is 464. The van der Waals surface area contributed by atoms with Crippen LogP contribution < -0.4 is 5.32 Å². The first-order chi connectivity index (χ1) is 8.81. The van der Waals surface area contributed by atoms with Gasteiger partial charge in [-0.25, -0.2) is 0 Å². The maximum absolute atomic E-state index is 4.20. The van der Waals surface area contributed by atoms with Gasteiger partial charge in [-0.05, 0) is 43.1 Å². The zero-order chi connectivity index (χ0) is 12.8. The first-order valence-corrected chi connectivity index (χ1v) is 6.41. The predicted molar refractivity (Wildman–Crippen MR) is 72.2 cm³/mol. The van der Waals surface area contributed by atoms with Gasteiger partial charge in [-0.1, -0.05) is 6.92 Å². The highest BCUT2D eigenvalue weighted by Gasteiger charge is 2.11. The van der Waals surface area contributed by atoms with Crippen molar-refractivity contribution in [1.29, 1.82) is 0 Å². The van der Waals surface area contributed by atoms with E-state index in [1.807, 2.05) is 30.3 Å². The van der Waals surface area contributed by atoms with Gasteiger partial charge in [0, 0.05) is 37.4 Å². The molecule has 0 aliphatic heterocycles. The summed E-state index contributed by atoms with van der Waals surface area (Å²) >= 11 is 0. The second-order valence-electron chi connectivity index (χ2n) is 4.38. The summed E-state index contributed by atoms with van der Waals surface area (Å²) in [6, 6.07) is 6.62. The number of hydrogen-bond donors (Lipinski definition) is 1. The van der Waals surface area contributed by atoms with Crippen molar-refractivity contribution in [3.8, 4) is 0 Å². The molecule has 0 aromatic carbocycles. The predicted octanol–water partition coefficient (Wildman–Crippen LogP) is 2.10. The van der Waals surface area contributed by atoms with E-state index in [0.29, 0.717) is 6.04 Å². The van der Waals surface area contributed by atoms with Gasteiger partial charge in [-0.3, -0.25) is 9.67 Å². The van der Waals surface area contributed by atoms with Gasteiger partial charge in [0.2, 0.25) is 0 Å². The van der Waals surface area contributed by atoms with Crippen LogP contribution in [-0.2, 0) is 13.5 Å². The number of aromatic nitrogens is 3. The molecule has 0 radical (unpaired) electrons. The van der Waals surface area contributed by atoms with Gasteiger partial charge in [0.05, 0.1) is 0 Å². The van der Waals surface area contributed by atoms with Crippen molar-refractivity contribution < 1.29 is 0 Å². The van der Waals surface area contributed by atoms with Crippen LogP contribution in [0.1, 0.15) is 30.6 Å². The van der Waals surface area contributed by atoms with Crippen LogP contribution in [0.5, 0.6) is 0 Å². The van der Waals surface area contributed by atoms with Gasteiger partial charge in [0.15, 0.2) is 0 Å². The maximum Gasteiger partial charge on any atom is 0.0492 e. The van der Waals surface area contributed by atoms with Crippen molar-refractivity contribution in [1.82, 2.24) is 20.1 Å². The summed E-state index contributed by atoms with van der Waals surface area (Å²) in [5.74, 6) is 0. The van der Waals surface area contributed by atoms with Crippen molar-refractivity contribution in [2.24, 2.45) is 7.05 Å². The summed E-state index contributed by atoms with van der Waals surface area (Å²) < 4.78 is 1.94. The average Bonchev–Trinajstić information content (AvgIpc) is 2.81. The smallest absolute Gasteiger partial charge is 0.0492 e. The van der Waals surface area contributed by atoms with Crippen LogP contribution in [0.4, 0.5) is 0 Å². The Morgan fingerprint density at radius 3 is 2.61 bits per heavy atom. The third kappa shape index (κ3) is 3.17. The highest BCUT2D eigenvalue weighted by atomic mass is 15.2. The fourth-order valence-electron chi connectivity index (χ4n) is 2.17. The molecule has 18 heavy (non-hydrogen) atoms. The van der Waals surface area contributed by atoms with Crippen molar-refractivity contribution in [3.63, 3.8) is 0 Å². The molecule has 0 fully saturated rings. The van der Waals surface area contributed by atoms with E-state index >= 15 is 0 Å². The van der Waals surface area contributed by atoms with Crippen LogP contribution in [0.15, 0.2) is 36.8 Å². The average molecular weight is 244 g/mol. The molecule has 0 aliphatic rings. The Morgan fingerprint density at radius 2 is 2.00 bits per heavy atom. The molecule has 2 rings (SSSR count). The summed E-state index contributed by atoms with van der Waals surface area (Å²) in [6.07, 6.45) is 7.64. The summed E-state index contributed by atoms with van der Waals surface area (Å²) in [5, 5.41) is 7.72. The lowest BCUT2D eigenvalue weighted by Gasteiger charge is -2.18. The molecule has 0 saturated carbocycles. The molecule has 2 aromatic heterocycles. The summed E-state index contributed by atoms with van der Waals surface area (Å²) in [4.78, 5) is 4.07. The third-order valence-corrected chi connectivity index (χ3v) is 3.17. The minimum Gasteiger partial charge on any atom is -0.310 e. The van der Waals surface area contributed by atoms with E-state index in [1.165, 1.54) is 11.3 Å². The largest absolute Gasteiger partial charge is 0.310 e. The van der Waals surface area contributed by atoms with E-state index in [0.717, 1.165) is 19.4 Å². The first kappa shape index (κ1) is 12.8. The van der Waals surface area contributed by atoms with Crippen LogP contribution in [0.25, 0.3) is 0 Å². The minimum absolute atomic E-state index is 0.382. The van der Waals surface area contributed by atoms with Gasteiger partial charge in [0.1, 0.15) is 0 Å². The Kier molecular flexibility index (Phi) is 4.47. The number of nitrogens with one attached hydrogen (secondary N) is 1. The lowest BCUT2D eigenvalue weighted by molar-refractivity contribution is 0.505. The summed E-state index contributed by atoms with van der Waals surface area (Å²) in [7, 11) is 1.99. The molecule has 0 spiro atoms.